The summed E-state index contributed by atoms with van der Waals surface area (Å²) in [6.07, 6.45) is 5.12. The molecule has 0 aromatic carbocycles. The summed E-state index contributed by atoms with van der Waals surface area (Å²) in [5.74, 6) is 1.21. The van der Waals surface area contributed by atoms with Crippen LogP contribution < -0.4 is 5.32 Å². The molecule has 1 heterocycles. The van der Waals surface area contributed by atoms with Gasteiger partial charge >= 0.3 is 0 Å². The lowest BCUT2D eigenvalue weighted by atomic mass is 9.79. The Kier molecular flexibility index (Phi) is 4.82. The summed E-state index contributed by atoms with van der Waals surface area (Å²) in [6, 6.07) is 4.26. The van der Waals surface area contributed by atoms with Gasteiger partial charge in [0.25, 0.3) is 0 Å². The standard InChI is InChI=1S/C13H21NOS/c15-10-12-5-2-1-4-11(12)8-14-9-13-6-3-7-16-13/h3,6-7,11-12,14-15H,1-2,4-5,8-10H2. The minimum Gasteiger partial charge on any atom is -0.396 e. The van der Waals surface area contributed by atoms with Crippen molar-refractivity contribution in [3.8, 4) is 0 Å². The van der Waals surface area contributed by atoms with Crippen molar-refractivity contribution in [1.82, 2.24) is 5.32 Å². The van der Waals surface area contributed by atoms with Gasteiger partial charge in [0.05, 0.1) is 0 Å². The molecule has 2 atom stereocenters. The predicted molar refractivity (Wildman–Crippen MR) is 68.6 cm³/mol. The fraction of sp³-hybridized carbons (Fsp3) is 0.692. The maximum absolute atomic E-state index is 9.32. The molecule has 0 bridgehead atoms. The number of aliphatic hydroxyl groups is 1. The van der Waals surface area contributed by atoms with Gasteiger partial charge in [0.1, 0.15) is 0 Å². The first-order valence-electron chi connectivity index (χ1n) is 6.24. The second kappa shape index (κ2) is 6.38. The van der Waals surface area contributed by atoms with Crippen LogP contribution in [0.25, 0.3) is 0 Å². The van der Waals surface area contributed by atoms with Gasteiger partial charge in [0.15, 0.2) is 0 Å². The topological polar surface area (TPSA) is 32.3 Å². The molecule has 90 valence electrons. The molecular formula is C13H21NOS. The largest absolute Gasteiger partial charge is 0.396 e. The predicted octanol–water partition coefficient (Wildman–Crippen LogP) is 2.64. The van der Waals surface area contributed by atoms with E-state index in [0.717, 1.165) is 13.1 Å². The van der Waals surface area contributed by atoms with E-state index in [1.807, 2.05) is 0 Å². The van der Waals surface area contributed by atoms with Gasteiger partial charge in [-0.3, -0.25) is 0 Å². The van der Waals surface area contributed by atoms with Crippen LogP contribution in [0.15, 0.2) is 17.5 Å². The summed E-state index contributed by atoms with van der Waals surface area (Å²) >= 11 is 1.80. The zero-order valence-electron chi connectivity index (χ0n) is 9.69. The van der Waals surface area contributed by atoms with Crippen molar-refractivity contribution in [1.29, 1.82) is 0 Å². The third-order valence-electron chi connectivity index (χ3n) is 3.59. The Balaban J connectivity index is 1.71. The highest BCUT2D eigenvalue weighted by atomic mass is 32.1. The van der Waals surface area contributed by atoms with E-state index in [0.29, 0.717) is 18.4 Å². The van der Waals surface area contributed by atoms with Crippen molar-refractivity contribution in [2.45, 2.75) is 32.2 Å². The molecule has 1 saturated carbocycles. The molecule has 1 aliphatic rings. The Morgan fingerprint density at radius 3 is 2.81 bits per heavy atom. The molecule has 2 N–H and O–H groups in total. The molecule has 2 rings (SSSR count). The molecule has 1 aliphatic carbocycles. The van der Waals surface area contributed by atoms with Crippen LogP contribution in [0.3, 0.4) is 0 Å². The lowest BCUT2D eigenvalue weighted by Gasteiger charge is -2.30. The van der Waals surface area contributed by atoms with Gasteiger partial charge in [-0.25, -0.2) is 0 Å². The Morgan fingerprint density at radius 1 is 1.31 bits per heavy atom. The third-order valence-corrected chi connectivity index (χ3v) is 4.46. The first kappa shape index (κ1) is 12.1. The lowest BCUT2D eigenvalue weighted by Crippen LogP contribution is -2.32. The number of thiophene rings is 1. The van der Waals surface area contributed by atoms with Crippen molar-refractivity contribution < 1.29 is 5.11 Å². The van der Waals surface area contributed by atoms with Gasteiger partial charge in [-0.05, 0) is 42.7 Å². The van der Waals surface area contributed by atoms with E-state index in [-0.39, 0.29) is 0 Å². The summed E-state index contributed by atoms with van der Waals surface area (Å²) in [5, 5.41) is 15.0. The number of hydrogen-bond acceptors (Lipinski definition) is 3. The second-order valence-electron chi connectivity index (χ2n) is 4.70. The molecule has 0 saturated heterocycles. The molecule has 1 fully saturated rings. The van der Waals surface area contributed by atoms with E-state index in [1.165, 1.54) is 30.6 Å². The van der Waals surface area contributed by atoms with E-state index >= 15 is 0 Å². The van der Waals surface area contributed by atoms with Gasteiger partial charge < -0.3 is 10.4 Å². The van der Waals surface area contributed by atoms with Crippen LogP contribution in [0, 0.1) is 11.8 Å². The zero-order valence-corrected chi connectivity index (χ0v) is 10.5. The van der Waals surface area contributed by atoms with E-state index in [9.17, 15) is 5.11 Å². The Morgan fingerprint density at radius 2 is 2.12 bits per heavy atom. The Bertz CT molecular complexity index is 286. The van der Waals surface area contributed by atoms with Crippen LogP contribution in [-0.4, -0.2) is 18.3 Å². The molecule has 16 heavy (non-hydrogen) atoms. The summed E-state index contributed by atoms with van der Waals surface area (Å²) in [5.41, 5.74) is 0. The van der Waals surface area contributed by atoms with Crippen LogP contribution in [0.4, 0.5) is 0 Å². The monoisotopic (exact) mass is 239 g/mol. The molecule has 0 radical (unpaired) electrons. The second-order valence-corrected chi connectivity index (χ2v) is 5.73. The van der Waals surface area contributed by atoms with E-state index in [1.54, 1.807) is 11.3 Å². The molecule has 1 aromatic heterocycles. The van der Waals surface area contributed by atoms with Crippen molar-refractivity contribution in [2.24, 2.45) is 11.8 Å². The third kappa shape index (κ3) is 3.30. The van der Waals surface area contributed by atoms with Gasteiger partial charge in [-0.1, -0.05) is 18.9 Å². The first-order chi connectivity index (χ1) is 7.90. The Hall–Kier alpha value is -0.380. The SMILES string of the molecule is OCC1CCCCC1CNCc1cccs1. The zero-order chi connectivity index (χ0) is 11.2. The van der Waals surface area contributed by atoms with Crippen molar-refractivity contribution in [3.05, 3.63) is 22.4 Å². The minimum atomic E-state index is 0.366. The lowest BCUT2D eigenvalue weighted by molar-refractivity contribution is 0.133. The highest BCUT2D eigenvalue weighted by molar-refractivity contribution is 7.09. The van der Waals surface area contributed by atoms with Gasteiger partial charge in [-0.15, -0.1) is 11.3 Å². The quantitative estimate of drug-likeness (QED) is 0.828. The number of rotatable bonds is 5. The molecule has 3 heteroatoms. The summed E-state index contributed by atoms with van der Waals surface area (Å²) in [7, 11) is 0. The molecule has 0 spiro atoms. The highest BCUT2D eigenvalue weighted by Gasteiger charge is 2.23. The van der Waals surface area contributed by atoms with Gasteiger partial charge in [0.2, 0.25) is 0 Å². The molecule has 2 nitrogen and oxygen atoms in total. The average molecular weight is 239 g/mol. The average Bonchev–Trinajstić information content (AvgIpc) is 2.83. The van der Waals surface area contributed by atoms with E-state index in [4.69, 9.17) is 0 Å². The molecular weight excluding hydrogens is 218 g/mol. The van der Waals surface area contributed by atoms with Crippen LogP contribution in [0.1, 0.15) is 30.6 Å². The van der Waals surface area contributed by atoms with E-state index in [2.05, 4.69) is 22.8 Å². The van der Waals surface area contributed by atoms with Crippen LogP contribution in [0.2, 0.25) is 0 Å². The maximum Gasteiger partial charge on any atom is 0.0462 e. The number of nitrogens with one attached hydrogen (secondary N) is 1. The fourth-order valence-corrected chi connectivity index (χ4v) is 3.26. The molecule has 0 amide bonds. The van der Waals surface area contributed by atoms with Crippen LogP contribution in [0.5, 0.6) is 0 Å². The summed E-state index contributed by atoms with van der Waals surface area (Å²) in [6.45, 7) is 2.40. The fourth-order valence-electron chi connectivity index (χ4n) is 2.59. The van der Waals surface area contributed by atoms with Crippen LogP contribution >= 0.6 is 11.3 Å². The van der Waals surface area contributed by atoms with Gasteiger partial charge in [0, 0.05) is 18.0 Å². The highest BCUT2D eigenvalue weighted by Crippen LogP contribution is 2.29. The van der Waals surface area contributed by atoms with Crippen LogP contribution in [-0.2, 0) is 6.54 Å². The smallest absolute Gasteiger partial charge is 0.0462 e. The Labute approximate surface area is 102 Å². The molecule has 1 aromatic rings. The first-order valence-corrected chi connectivity index (χ1v) is 7.12. The number of hydrogen-bond donors (Lipinski definition) is 2. The summed E-state index contributed by atoms with van der Waals surface area (Å²) < 4.78 is 0. The minimum absolute atomic E-state index is 0.366. The summed E-state index contributed by atoms with van der Waals surface area (Å²) in [4.78, 5) is 1.40. The van der Waals surface area contributed by atoms with E-state index < -0.39 is 0 Å². The van der Waals surface area contributed by atoms with Crippen molar-refractivity contribution in [3.63, 3.8) is 0 Å². The maximum atomic E-state index is 9.32. The molecule has 0 aliphatic heterocycles. The molecule has 2 unspecified atom stereocenters. The van der Waals surface area contributed by atoms with Crippen molar-refractivity contribution >= 4 is 11.3 Å². The number of aliphatic hydroxyl groups excluding tert-OH is 1. The van der Waals surface area contributed by atoms with Crippen molar-refractivity contribution in [2.75, 3.05) is 13.2 Å². The normalized spacial score (nSPS) is 25.8. The van der Waals surface area contributed by atoms with Gasteiger partial charge in [-0.2, -0.15) is 0 Å².